The zero-order valence-electron chi connectivity index (χ0n) is 10.4. The molecule has 1 nitrogen and oxygen atoms in total. The highest BCUT2D eigenvalue weighted by atomic mass is 35.5. The molecule has 1 aromatic heterocycles. The van der Waals surface area contributed by atoms with Crippen LogP contribution in [-0.4, -0.2) is 7.85 Å². The van der Waals surface area contributed by atoms with E-state index in [0.29, 0.717) is 0 Å². The van der Waals surface area contributed by atoms with Crippen LogP contribution in [0.1, 0.15) is 0 Å². The van der Waals surface area contributed by atoms with Gasteiger partial charge in [0.1, 0.15) is 19.0 Å². The van der Waals surface area contributed by atoms with Crippen LogP contribution < -0.4 is 5.46 Å². The van der Waals surface area contributed by atoms with E-state index in [1.54, 1.807) is 0 Å². The third-order valence-corrected chi connectivity index (χ3v) is 3.97. The van der Waals surface area contributed by atoms with Gasteiger partial charge < -0.3 is 4.42 Å². The minimum absolute atomic E-state index is 0.745. The molecule has 0 unspecified atom stereocenters. The van der Waals surface area contributed by atoms with Crippen LogP contribution in [0.3, 0.4) is 0 Å². The molecule has 0 atom stereocenters. The number of hydrogen-bond donors (Lipinski definition) is 0. The normalized spacial score (nSPS) is 11.6. The number of rotatable bonds is 0. The van der Waals surface area contributed by atoms with Crippen molar-refractivity contribution >= 4 is 57.6 Å². The first kappa shape index (κ1) is 10.9. The molecule has 0 aliphatic rings. The summed E-state index contributed by atoms with van der Waals surface area (Å²) in [4.78, 5) is 0. The highest BCUT2D eigenvalue weighted by Crippen LogP contribution is 2.36. The summed E-state index contributed by atoms with van der Waals surface area (Å²) in [6.45, 7) is 0. The maximum absolute atomic E-state index is 6.34. The first-order valence-corrected chi connectivity index (χ1v) is 6.62. The average Bonchev–Trinajstić information content (AvgIpc) is 2.84. The molecule has 90 valence electrons. The highest BCUT2D eigenvalue weighted by molar-refractivity contribution is 6.44. The van der Waals surface area contributed by atoms with Gasteiger partial charge in [-0.15, -0.1) is 0 Å². The van der Waals surface area contributed by atoms with E-state index in [1.165, 1.54) is 5.39 Å². The summed E-state index contributed by atoms with van der Waals surface area (Å²) in [5, 5.41) is 5.16. The smallest absolute Gasteiger partial charge is 0.144 e. The number of hydrogen-bond acceptors (Lipinski definition) is 1. The topological polar surface area (TPSA) is 13.1 Å². The molecule has 4 aromatic rings. The third kappa shape index (κ3) is 1.44. The maximum Gasteiger partial charge on any atom is 0.144 e. The Morgan fingerprint density at radius 3 is 2.58 bits per heavy atom. The predicted molar refractivity (Wildman–Crippen MR) is 84.4 cm³/mol. The van der Waals surface area contributed by atoms with Gasteiger partial charge in [0.25, 0.3) is 0 Å². The number of furan rings is 1. The second-order valence-corrected chi connectivity index (χ2v) is 5.24. The lowest BCUT2D eigenvalue weighted by molar-refractivity contribution is 0.675. The number of halogens is 1. The molecular formula is C16H10BClO. The minimum Gasteiger partial charge on any atom is -0.456 e. The van der Waals surface area contributed by atoms with E-state index in [4.69, 9.17) is 16.0 Å². The molecule has 0 fully saturated rings. The van der Waals surface area contributed by atoms with E-state index in [-0.39, 0.29) is 0 Å². The molecule has 0 aliphatic heterocycles. The maximum atomic E-state index is 6.34. The van der Waals surface area contributed by atoms with Crippen LogP contribution in [0.2, 0.25) is 5.02 Å². The lowest BCUT2D eigenvalue weighted by Gasteiger charge is -1.98. The zero-order valence-corrected chi connectivity index (χ0v) is 11.2. The van der Waals surface area contributed by atoms with Gasteiger partial charge in [0.15, 0.2) is 0 Å². The van der Waals surface area contributed by atoms with E-state index in [0.717, 1.165) is 37.8 Å². The molecule has 1 heterocycles. The first-order valence-electron chi connectivity index (χ1n) is 6.25. The van der Waals surface area contributed by atoms with Crippen LogP contribution in [0.25, 0.3) is 32.7 Å². The lowest BCUT2D eigenvalue weighted by atomic mass is 9.94. The van der Waals surface area contributed by atoms with E-state index < -0.39 is 0 Å². The fourth-order valence-corrected chi connectivity index (χ4v) is 2.95. The summed E-state index contributed by atoms with van der Waals surface area (Å²) in [5.74, 6) is 0. The molecule has 0 spiro atoms. The van der Waals surface area contributed by atoms with Gasteiger partial charge in [-0.25, -0.2) is 0 Å². The van der Waals surface area contributed by atoms with Gasteiger partial charge in [0.2, 0.25) is 0 Å². The van der Waals surface area contributed by atoms with E-state index in [9.17, 15) is 0 Å². The van der Waals surface area contributed by atoms with Crippen molar-refractivity contribution in [3.63, 3.8) is 0 Å². The molecule has 0 saturated carbocycles. The quantitative estimate of drug-likeness (QED) is 0.442. The summed E-state index contributed by atoms with van der Waals surface area (Å²) in [6.07, 6.45) is 0. The summed E-state index contributed by atoms with van der Waals surface area (Å²) >= 11 is 6.34. The van der Waals surface area contributed by atoms with Gasteiger partial charge in [0.05, 0.1) is 5.02 Å². The summed E-state index contributed by atoms with van der Waals surface area (Å²) in [5.41, 5.74) is 2.92. The van der Waals surface area contributed by atoms with Crippen molar-refractivity contribution in [3.05, 3.63) is 53.6 Å². The monoisotopic (exact) mass is 264 g/mol. The van der Waals surface area contributed by atoms with Gasteiger partial charge in [-0.05, 0) is 23.0 Å². The van der Waals surface area contributed by atoms with Crippen LogP contribution in [-0.2, 0) is 0 Å². The standard InChI is InChI=1S/C16H10BClO/c17-12-7-8-13(18)14-11-6-5-9-3-1-2-4-10(9)15(11)19-16(12)14/h1-8H,17H2. The van der Waals surface area contributed by atoms with Crippen molar-refractivity contribution in [1.82, 2.24) is 0 Å². The molecular weight excluding hydrogens is 254 g/mol. The van der Waals surface area contributed by atoms with Crippen LogP contribution in [0, 0.1) is 0 Å². The fraction of sp³-hybridized carbons (Fsp3) is 0. The summed E-state index contributed by atoms with van der Waals surface area (Å²) < 4.78 is 6.09. The average molecular weight is 265 g/mol. The van der Waals surface area contributed by atoms with Crippen molar-refractivity contribution in [2.24, 2.45) is 0 Å². The SMILES string of the molecule is Bc1ccc(Cl)c2c1oc1c3ccccc3ccc12. The zero-order chi connectivity index (χ0) is 13.0. The Morgan fingerprint density at radius 1 is 0.842 bits per heavy atom. The highest BCUT2D eigenvalue weighted by Gasteiger charge is 2.13. The Labute approximate surface area is 116 Å². The van der Waals surface area contributed by atoms with Gasteiger partial charge in [0, 0.05) is 16.2 Å². The second kappa shape index (κ2) is 3.78. The molecule has 3 aromatic carbocycles. The Hall–Kier alpha value is -1.93. The predicted octanol–water partition coefficient (Wildman–Crippen LogP) is 3.65. The first-order chi connectivity index (χ1) is 9.25. The second-order valence-electron chi connectivity index (χ2n) is 4.83. The molecule has 0 N–H and O–H groups in total. The van der Waals surface area contributed by atoms with Crippen molar-refractivity contribution < 1.29 is 4.42 Å². The molecule has 19 heavy (non-hydrogen) atoms. The Balaban J connectivity index is 2.35. The molecule has 3 heteroatoms. The van der Waals surface area contributed by atoms with Crippen LogP contribution in [0.4, 0.5) is 0 Å². The van der Waals surface area contributed by atoms with Crippen LogP contribution >= 0.6 is 11.6 Å². The Kier molecular flexibility index (Phi) is 2.18. The minimum atomic E-state index is 0.745. The summed E-state index contributed by atoms with van der Waals surface area (Å²) in [6, 6.07) is 16.4. The van der Waals surface area contributed by atoms with E-state index in [1.807, 2.05) is 32.1 Å². The van der Waals surface area contributed by atoms with Gasteiger partial charge >= 0.3 is 0 Å². The van der Waals surface area contributed by atoms with Crippen molar-refractivity contribution in [2.45, 2.75) is 0 Å². The largest absolute Gasteiger partial charge is 0.456 e. The van der Waals surface area contributed by atoms with E-state index >= 15 is 0 Å². The van der Waals surface area contributed by atoms with Gasteiger partial charge in [-0.2, -0.15) is 0 Å². The van der Waals surface area contributed by atoms with Gasteiger partial charge in [-0.1, -0.05) is 48.0 Å². The molecule has 4 rings (SSSR count). The molecule has 0 radical (unpaired) electrons. The third-order valence-electron chi connectivity index (χ3n) is 3.66. The van der Waals surface area contributed by atoms with Crippen LogP contribution in [0.5, 0.6) is 0 Å². The molecule has 0 saturated heterocycles. The Bertz CT molecular complexity index is 940. The van der Waals surface area contributed by atoms with E-state index in [2.05, 4.69) is 24.3 Å². The Morgan fingerprint density at radius 2 is 1.68 bits per heavy atom. The van der Waals surface area contributed by atoms with Crippen LogP contribution in [0.15, 0.2) is 52.9 Å². The molecule has 0 aliphatic carbocycles. The molecule has 0 amide bonds. The van der Waals surface area contributed by atoms with Crippen molar-refractivity contribution in [3.8, 4) is 0 Å². The number of benzene rings is 3. The fourth-order valence-electron chi connectivity index (χ4n) is 2.70. The van der Waals surface area contributed by atoms with Crippen molar-refractivity contribution in [1.29, 1.82) is 0 Å². The lowest BCUT2D eigenvalue weighted by Crippen LogP contribution is -2.01. The van der Waals surface area contributed by atoms with Gasteiger partial charge in [-0.3, -0.25) is 0 Å². The number of fused-ring (bicyclic) bond motifs is 5. The van der Waals surface area contributed by atoms with Crippen molar-refractivity contribution in [2.75, 3.05) is 0 Å². The summed E-state index contributed by atoms with van der Waals surface area (Å²) in [7, 11) is 2.04. The molecule has 0 bridgehead atoms.